The van der Waals surface area contributed by atoms with Crippen molar-refractivity contribution in [3.05, 3.63) is 42.1 Å². The molecule has 0 radical (unpaired) electrons. The van der Waals surface area contributed by atoms with E-state index in [9.17, 15) is 4.79 Å². The Morgan fingerprint density at radius 2 is 2.00 bits per heavy atom. The molecule has 0 aliphatic rings. The molecule has 4 heteroatoms. The van der Waals surface area contributed by atoms with Crippen LogP contribution in [0.4, 0.5) is 0 Å². The maximum atomic E-state index is 12.6. The van der Waals surface area contributed by atoms with Crippen molar-refractivity contribution in [3.8, 4) is 0 Å². The lowest BCUT2D eigenvalue weighted by Gasteiger charge is -2.24. The summed E-state index contributed by atoms with van der Waals surface area (Å²) in [5.74, 6) is 0.373. The van der Waals surface area contributed by atoms with E-state index in [1.54, 1.807) is 13.2 Å². The largest absolute Gasteiger partial charge is 0.383 e. The van der Waals surface area contributed by atoms with Crippen molar-refractivity contribution in [2.24, 2.45) is 5.92 Å². The molecule has 0 saturated carbocycles. The highest BCUT2D eigenvalue weighted by Crippen LogP contribution is 2.13. The first-order chi connectivity index (χ1) is 10.1. The number of para-hydroxylation sites is 1. The lowest BCUT2D eigenvalue weighted by molar-refractivity contribution is 0.0667. The van der Waals surface area contributed by atoms with E-state index in [-0.39, 0.29) is 5.91 Å². The Kier molecular flexibility index (Phi) is 5.28. The van der Waals surface area contributed by atoms with Gasteiger partial charge in [0.05, 0.1) is 12.1 Å². The SMILES string of the molecule is COCCN(CC(C)C)C(=O)c1ccc2ccccc2n1. The molecule has 1 aromatic carbocycles. The van der Waals surface area contributed by atoms with E-state index >= 15 is 0 Å². The number of hydrogen-bond acceptors (Lipinski definition) is 3. The number of ether oxygens (including phenoxy) is 1. The van der Waals surface area contributed by atoms with Crippen molar-refractivity contribution in [2.45, 2.75) is 13.8 Å². The van der Waals surface area contributed by atoms with Gasteiger partial charge in [-0.15, -0.1) is 0 Å². The van der Waals surface area contributed by atoms with Crippen LogP contribution in [0.1, 0.15) is 24.3 Å². The highest BCUT2D eigenvalue weighted by atomic mass is 16.5. The molecule has 0 aliphatic carbocycles. The molecule has 2 aromatic rings. The molecular weight excluding hydrogens is 264 g/mol. The van der Waals surface area contributed by atoms with Crippen LogP contribution in [-0.4, -0.2) is 42.6 Å². The summed E-state index contributed by atoms with van der Waals surface area (Å²) in [5.41, 5.74) is 1.34. The van der Waals surface area contributed by atoms with Gasteiger partial charge in [-0.2, -0.15) is 0 Å². The van der Waals surface area contributed by atoms with Crippen molar-refractivity contribution in [2.75, 3.05) is 26.8 Å². The van der Waals surface area contributed by atoms with Crippen molar-refractivity contribution < 1.29 is 9.53 Å². The van der Waals surface area contributed by atoms with Gasteiger partial charge in [0.1, 0.15) is 5.69 Å². The molecule has 2 rings (SSSR count). The van der Waals surface area contributed by atoms with E-state index in [4.69, 9.17) is 4.74 Å². The van der Waals surface area contributed by atoms with Gasteiger partial charge in [-0.3, -0.25) is 4.79 Å². The fourth-order valence-electron chi connectivity index (χ4n) is 2.27. The average Bonchev–Trinajstić information content (AvgIpc) is 2.50. The third-order valence-electron chi connectivity index (χ3n) is 3.26. The van der Waals surface area contributed by atoms with Crippen LogP contribution < -0.4 is 0 Å². The molecule has 0 N–H and O–H groups in total. The first-order valence-corrected chi connectivity index (χ1v) is 7.26. The van der Waals surface area contributed by atoms with Gasteiger partial charge in [0, 0.05) is 25.6 Å². The predicted molar refractivity (Wildman–Crippen MR) is 84.4 cm³/mol. The lowest BCUT2D eigenvalue weighted by atomic mass is 10.1. The fourth-order valence-corrected chi connectivity index (χ4v) is 2.27. The summed E-state index contributed by atoms with van der Waals surface area (Å²) >= 11 is 0. The standard InChI is InChI=1S/C17H22N2O2/c1-13(2)12-19(10-11-21-3)17(20)16-9-8-14-6-4-5-7-15(14)18-16/h4-9,13H,10-12H2,1-3H3. The average molecular weight is 286 g/mol. The summed E-state index contributed by atoms with van der Waals surface area (Å²) in [5, 5.41) is 1.04. The molecular formula is C17H22N2O2. The number of aromatic nitrogens is 1. The number of carbonyl (C=O) groups excluding carboxylic acids is 1. The third-order valence-corrected chi connectivity index (χ3v) is 3.26. The monoisotopic (exact) mass is 286 g/mol. The number of hydrogen-bond donors (Lipinski definition) is 0. The number of carbonyl (C=O) groups is 1. The van der Waals surface area contributed by atoms with Crippen LogP contribution in [0.3, 0.4) is 0 Å². The predicted octanol–water partition coefficient (Wildman–Crippen LogP) is 2.98. The number of benzene rings is 1. The Morgan fingerprint density at radius 3 is 2.71 bits per heavy atom. The molecule has 0 aliphatic heterocycles. The zero-order valence-corrected chi connectivity index (χ0v) is 12.9. The van der Waals surface area contributed by atoms with Crippen LogP contribution in [0.5, 0.6) is 0 Å². The Morgan fingerprint density at radius 1 is 1.24 bits per heavy atom. The van der Waals surface area contributed by atoms with E-state index in [0.717, 1.165) is 10.9 Å². The van der Waals surface area contributed by atoms with Gasteiger partial charge in [-0.1, -0.05) is 38.1 Å². The third kappa shape index (κ3) is 4.02. The lowest BCUT2D eigenvalue weighted by Crippen LogP contribution is -2.37. The van der Waals surface area contributed by atoms with Gasteiger partial charge in [-0.25, -0.2) is 4.98 Å². The summed E-state index contributed by atoms with van der Waals surface area (Å²) in [7, 11) is 1.65. The van der Waals surface area contributed by atoms with Gasteiger partial charge in [0.15, 0.2) is 0 Å². The number of pyridine rings is 1. The molecule has 0 atom stereocenters. The molecule has 0 bridgehead atoms. The molecule has 1 aromatic heterocycles. The van der Waals surface area contributed by atoms with Crippen LogP contribution in [0, 0.1) is 5.92 Å². The van der Waals surface area contributed by atoms with Crippen molar-refractivity contribution in [1.82, 2.24) is 9.88 Å². The van der Waals surface area contributed by atoms with Crippen LogP contribution in [0.2, 0.25) is 0 Å². The molecule has 4 nitrogen and oxygen atoms in total. The Balaban J connectivity index is 2.24. The molecule has 21 heavy (non-hydrogen) atoms. The molecule has 1 amide bonds. The molecule has 0 spiro atoms. The second kappa shape index (κ2) is 7.18. The van der Waals surface area contributed by atoms with Gasteiger partial charge in [-0.05, 0) is 18.1 Å². The minimum absolute atomic E-state index is 0.0356. The van der Waals surface area contributed by atoms with Crippen LogP contribution in [0.25, 0.3) is 10.9 Å². The quantitative estimate of drug-likeness (QED) is 0.820. The first-order valence-electron chi connectivity index (χ1n) is 7.26. The zero-order valence-electron chi connectivity index (χ0n) is 12.9. The van der Waals surface area contributed by atoms with Crippen LogP contribution >= 0.6 is 0 Å². The highest BCUT2D eigenvalue weighted by molar-refractivity contribution is 5.94. The molecule has 0 unspecified atom stereocenters. The molecule has 0 saturated heterocycles. The summed E-state index contributed by atoms with van der Waals surface area (Å²) in [6, 6.07) is 11.6. The minimum atomic E-state index is -0.0356. The van der Waals surface area contributed by atoms with Crippen molar-refractivity contribution >= 4 is 16.8 Å². The maximum absolute atomic E-state index is 12.6. The number of methoxy groups -OCH3 is 1. The van der Waals surface area contributed by atoms with Gasteiger partial charge < -0.3 is 9.64 Å². The van der Waals surface area contributed by atoms with E-state index in [1.807, 2.05) is 35.2 Å². The second-order valence-corrected chi connectivity index (χ2v) is 5.53. The smallest absolute Gasteiger partial charge is 0.272 e. The summed E-state index contributed by atoms with van der Waals surface area (Å²) in [6.07, 6.45) is 0. The van der Waals surface area contributed by atoms with Gasteiger partial charge in [0.25, 0.3) is 5.91 Å². The van der Waals surface area contributed by atoms with Gasteiger partial charge in [0.2, 0.25) is 0 Å². The Bertz CT molecular complexity index is 611. The summed E-state index contributed by atoms with van der Waals surface area (Å²) < 4.78 is 5.10. The highest BCUT2D eigenvalue weighted by Gasteiger charge is 2.18. The number of nitrogens with zero attached hydrogens (tertiary/aromatic N) is 2. The maximum Gasteiger partial charge on any atom is 0.272 e. The van der Waals surface area contributed by atoms with Crippen molar-refractivity contribution in [3.63, 3.8) is 0 Å². The molecule has 112 valence electrons. The zero-order chi connectivity index (χ0) is 15.2. The second-order valence-electron chi connectivity index (χ2n) is 5.53. The summed E-state index contributed by atoms with van der Waals surface area (Å²) in [4.78, 5) is 18.9. The minimum Gasteiger partial charge on any atom is -0.383 e. The van der Waals surface area contributed by atoms with Crippen LogP contribution in [0.15, 0.2) is 36.4 Å². The van der Waals surface area contributed by atoms with E-state index in [0.29, 0.717) is 31.3 Å². The van der Waals surface area contributed by atoms with E-state index < -0.39 is 0 Å². The number of fused-ring (bicyclic) bond motifs is 1. The van der Waals surface area contributed by atoms with Crippen LogP contribution in [-0.2, 0) is 4.74 Å². The fraction of sp³-hybridized carbons (Fsp3) is 0.412. The topological polar surface area (TPSA) is 42.4 Å². The number of amides is 1. The van der Waals surface area contributed by atoms with E-state index in [1.165, 1.54) is 0 Å². The molecule has 0 fully saturated rings. The first kappa shape index (κ1) is 15.4. The Labute approximate surface area is 125 Å². The summed E-state index contributed by atoms with van der Waals surface area (Å²) in [6.45, 7) is 6.02. The number of rotatable bonds is 6. The van der Waals surface area contributed by atoms with Crippen molar-refractivity contribution in [1.29, 1.82) is 0 Å². The normalized spacial score (nSPS) is 11.0. The Hall–Kier alpha value is -1.94. The van der Waals surface area contributed by atoms with Gasteiger partial charge >= 0.3 is 0 Å². The van der Waals surface area contributed by atoms with E-state index in [2.05, 4.69) is 18.8 Å². The molecule has 1 heterocycles.